The zero-order chi connectivity index (χ0) is 25.5. The minimum atomic E-state index is -3.95. The summed E-state index contributed by atoms with van der Waals surface area (Å²) in [5, 5.41) is 17.9. The quantitative estimate of drug-likeness (QED) is 0.456. The lowest BCUT2D eigenvalue weighted by atomic mass is 10.1. The molecule has 2 aromatic heterocycles. The second-order valence-electron chi connectivity index (χ2n) is 9.47. The lowest BCUT2D eigenvalue weighted by Crippen LogP contribution is -2.44. The molecule has 0 aromatic carbocycles. The molecular weight excluding hydrogens is 470 g/mol. The van der Waals surface area contributed by atoms with Crippen molar-refractivity contribution < 1.29 is 32.5 Å². The number of carbonyl (C=O) groups is 1. The van der Waals surface area contributed by atoms with Gasteiger partial charge in [-0.05, 0) is 34.6 Å². The molecule has 4 N–H and O–H groups in total. The molecule has 14 nitrogen and oxygen atoms in total. The number of nitrogens with one attached hydrogen (secondary N) is 1. The van der Waals surface area contributed by atoms with E-state index in [9.17, 15) is 18.3 Å². The summed E-state index contributed by atoms with van der Waals surface area (Å²) in [5.74, 6) is -1.32. The first-order chi connectivity index (χ1) is 15.5. The average molecular weight is 502 g/mol. The van der Waals surface area contributed by atoms with Crippen LogP contribution in [0.4, 0.5) is 10.6 Å². The van der Waals surface area contributed by atoms with E-state index in [2.05, 4.69) is 20.3 Å². The van der Waals surface area contributed by atoms with Crippen molar-refractivity contribution in [2.45, 2.75) is 70.9 Å². The Bertz CT molecular complexity index is 1140. The molecule has 1 amide bonds. The number of fused-ring (bicyclic) bond motifs is 1. The zero-order valence-electron chi connectivity index (χ0n) is 19.9. The maximum atomic E-state index is 12.2. The van der Waals surface area contributed by atoms with Gasteiger partial charge in [-0.25, -0.2) is 24.9 Å². The van der Waals surface area contributed by atoms with Gasteiger partial charge in [0.1, 0.15) is 24.3 Å². The van der Waals surface area contributed by atoms with Crippen LogP contribution in [-0.4, -0.2) is 80.6 Å². The van der Waals surface area contributed by atoms with Crippen LogP contribution >= 0.6 is 0 Å². The molecule has 34 heavy (non-hydrogen) atoms. The molecule has 3 rings (SSSR count). The number of amides is 1. The van der Waals surface area contributed by atoms with Gasteiger partial charge in [0.15, 0.2) is 22.8 Å². The van der Waals surface area contributed by atoms with Crippen LogP contribution in [0.2, 0.25) is 0 Å². The van der Waals surface area contributed by atoms with Gasteiger partial charge in [0.05, 0.1) is 12.4 Å². The number of aliphatic hydroxyl groups is 1. The van der Waals surface area contributed by atoms with Gasteiger partial charge in [0, 0.05) is 20.0 Å². The fourth-order valence-electron chi connectivity index (χ4n) is 3.44. The Morgan fingerprint density at radius 1 is 1.32 bits per heavy atom. The molecule has 0 saturated carbocycles. The smallest absolute Gasteiger partial charge is 0.413 e. The van der Waals surface area contributed by atoms with Gasteiger partial charge >= 0.3 is 6.09 Å². The first-order valence-corrected chi connectivity index (χ1v) is 12.0. The molecule has 15 heteroatoms. The fraction of sp³-hybridized carbons (Fsp3) is 0.684. The summed E-state index contributed by atoms with van der Waals surface area (Å²) in [4.78, 5) is 24.8. The van der Waals surface area contributed by atoms with E-state index in [4.69, 9.17) is 19.3 Å². The molecule has 3 heterocycles. The van der Waals surface area contributed by atoms with Crippen molar-refractivity contribution in [1.82, 2.24) is 23.8 Å². The Labute approximate surface area is 197 Å². The number of ether oxygens (including phenoxy) is 3. The van der Waals surface area contributed by atoms with Crippen LogP contribution in [0.15, 0.2) is 12.7 Å². The van der Waals surface area contributed by atoms with Crippen LogP contribution in [0.25, 0.3) is 11.2 Å². The third kappa shape index (κ3) is 6.58. The molecule has 0 spiro atoms. The molecule has 1 aliphatic heterocycles. The van der Waals surface area contributed by atoms with Gasteiger partial charge < -0.3 is 19.3 Å². The number of imidazole rings is 1. The van der Waals surface area contributed by atoms with E-state index in [1.54, 1.807) is 25.3 Å². The molecule has 3 atom stereocenters. The number of anilines is 1. The van der Waals surface area contributed by atoms with Gasteiger partial charge in [-0.3, -0.25) is 9.88 Å². The highest BCUT2D eigenvalue weighted by molar-refractivity contribution is 7.86. The number of rotatable bonds is 7. The van der Waals surface area contributed by atoms with Crippen LogP contribution < -0.4 is 10.5 Å². The molecule has 1 aliphatic rings. The van der Waals surface area contributed by atoms with Gasteiger partial charge in [-0.1, -0.05) is 0 Å². The van der Waals surface area contributed by atoms with Crippen LogP contribution in [0.5, 0.6) is 0 Å². The topological polar surface area (TPSA) is 184 Å². The largest absolute Gasteiger partial charge is 0.444 e. The Kier molecular flexibility index (Phi) is 7.17. The molecule has 1 fully saturated rings. The van der Waals surface area contributed by atoms with Crippen molar-refractivity contribution in [3.63, 3.8) is 0 Å². The minimum Gasteiger partial charge on any atom is -0.444 e. The lowest BCUT2D eigenvalue weighted by molar-refractivity contribution is -0.214. The molecule has 0 aliphatic carbocycles. The van der Waals surface area contributed by atoms with Crippen LogP contribution in [-0.2, 0) is 24.4 Å². The molecule has 190 valence electrons. The van der Waals surface area contributed by atoms with Crippen LogP contribution in [0.1, 0.15) is 47.3 Å². The Morgan fingerprint density at radius 3 is 2.59 bits per heavy atom. The number of nitrogens with zero attached hydrogens (tertiary/aromatic N) is 5. The molecule has 2 aromatic rings. The van der Waals surface area contributed by atoms with Crippen molar-refractivity contribution in [2.24, 2.45) is 5.14 Å². The van der Waals surface area contributed by atoms with Crippen LogP contribution in [0.3, 0.4) is 0 Å². The standard InChI is InChI=1S/C19H31N7O7S/c1-18(2,3)33-17(27)24-15-14-16(22-9-21-15)26(10-23-14)13-7-11(32-19(4,5)28)12(31-13)8-25(6)34(20,29)30/h9-13,28H,7-8H2,1-6H3,(H2,20,29,30)(H,21,22,24,27)/t11-,12+,13+/m0/s1. The Morgan fingerprint density at radius 2 is 2.00 bits per heavy atom. The fourth-order valence-corrected chi connectivity index (χ4v) is 3.80. The summed E-state index contributed by atoms with van der Waals surface area (Å²) in [6.45, 7) is 8.06. The maximum Gasteiger partial charge on any atom is 0.413 e. The first kappa shape index (κ1) is 26.2. The maximum absolute atomic E-state index is 12.2. The molecule has 0 radical (unpaired) electrons. The van der Waals surface area contributed by atoms with Crippen molar-refractivity contribution >= 4 is 33.3 Å². The van der Waals surface area contributed by atoms with E-state index >= 15 is 0 Å². The van der Waals surface area contributed by atoms with Gasteiger partial charge in [0.25, 0.3) is 10.2 Å². The number of nitrogens with two attached hydrogens (primary N) is 1. The monoisotopic (exact) mass is 501 g/mol. The second-order valence-corrected chi connectivity index (χ2v) is 11.1. The SMILES string of the molecule is CN(C[C@H]1O[C@@H](n2cnc3c(NC(=O)OC(C)(C)C)ncnc32)C[C@@H]1OC(C)(C)O)S(N)(=O)=O. The normalized spacial score (nSPS) is 21.9. The van der Waals surface area contributed by atoms with E-state index in [0.717, 1.165) is 4.31 Å². The number of hydrogen-bond acceptors (Lipinski definition) is 10. The van der Waals surface area contributed by atoms with Gasteiger partial charge in [-0.2, -0.15) is 12.7 Å². The Balaban J connectivity index is 1.86. The highest BCUT2D eigenvalue weighted by atomic mass is 32.2. The summed E-state index contributed by atoms with van der Waals surface area (Å²) >= 11 is 0. The zero-order valence-corrected chi connectivity index (χ0v) is 20.7. The summed E-state index contributed by atoms with van der Waals surface area (Å²) < 4.78 is 43.0. The first-order valence-electron chi connectivity index (χ1n) is 10.5. The summed E-state index contributed by atoms with van der Waals surface area (Å²) in [6, 6.07) is 0. The number of carbonyl (C=O) groups excluding carboxylic acids is 1. The summed E-state index contributed by atoms with van der Waals surface area (Å²) in [5.41, 5.74) is -0.0161. The van der Waals surface area contributed by atoms with Crippen molar-refractivity contribution in [3.05, 3.63) is 12.7 Å². The molecular formula is C19H31N7O7S. The van der Waals surface area contributed by atoms with Crippen molar-refractivity contribution in [1.29, 1.82) is 0 Å². The molecule has 0 bridgehead atoms. The lowest BCUT2D eigenvalue weighted by Gasteiger charge is -2.28. The summed E-state index contributed by atoms with van der Waals surface area (Å²) in [6.07, 6.45) is 0.254. The van der Waals surface area contributed by atoms with E-state index in [-0.39, 0.29) is 18.8 Å². The third-order valence-electron chi connectivity index (χ3n) is 4.78. The van der Waals surface area contributed by atoms with Gasteiger partial charge in [-0.15, -0.1) is 0 Å². The second kappa shape index (κ2) is 9.31. The third-order valence-corrected chi connectivity index (χ3v) is 5.80. The van der Waals surface area contributed by atoms with E-state index < -0.39 is 46.1 Å². The van der Waals surface area contributed by atoms with E-state index in [1.807, 2.05) is 0 Å². The minimum absolute atomic E-state index is 0.0941. The van der Waals surface area contributed by atoms with Crippen molar-refractivity contribution in [3.8, 4) is 0 Å². The Hall–Kier alpha value is -2.43. The molecule has 0 unspecified atom stereocenters. The number of aromatic nitrogens is 4. The van der Waals surface area contributed by atoms with E-state index in [1.165, 1.54) is 33.5 Å². The van der Waals surface area contributed by atoms with Gasteiger partial charge in [0.2, 0.25) is 0 Å². The van der Waals surface area contributed by atoms with Crippen LogP contribution in [0, 0.1) is 0 Å². The predicted octanol–water partition coefficient (Wildman–Crippen LogP) is 0.710. The summed E-state index contributed by atoms with van der Waals surface area (Å²) in [7, 11) is -2.63. The molecule has 1 saturated heterocycles. The van der Waals surface area contributed by atoms with E-state index in [0.29, 0.717) is 11.2 Å². The predicted molar refractivity (Wildman–Crippen MR) is 121 cm³/mol. The van der Waals surface area contributed by atoms with Crippen molar-refractivity contribution in [2.75, 3.05) is 18.9 Å². The number of likely N-dealkylation sites (N-methyl/N-ethyl adjacent to an activating group) is 1. The number of hydrogen-bond donors (Lipinski definition) is 3. The average Bonchev–Trinajstić information content (AvgIpc) is 3.23. The highest BCUT2D eigenvalue weighted by Gasteiger charge is 2.41. The highest BCUT2D eigenvalue weighted by Crippen LogP contribution is 2.35.